The van der Waals surface area contributed by atoms with E-state index in [-0.39, 0.29) is 5.82 Å². The van der Waals surface area contributed by atoms with Crippen molar-refractivity contribution in [1.82, 2.24) is 4.98 Å². The lowest BCUT2D eigenvalue weighted by Gasteiger charge is -2.07. The van der Waals surface area contributed by atoms with Gasteiger partial charge < -0.3 is 5.32 Å². The van der Waals surface area contributed by atoms with Crippen LogP contribution in [0.25, 0.3) is 0 Å². The van der Waals surface area contributed by atoms with Gasteiger partial charge in [-0.25, -0.2) is 4.39 Å². The second-order valence-electron chi connectivity index (χ2n) is 3.63. The molecule has 0 radical (unpaired) electrons. The largest absolute Gasteiger partial charge is 0.381 e. The highest BCUT2D eigenvalue weighted by atomic mass is 19.1. The number of aryl methyl sites for hydroxylation is 1. The average Bonchev–Trinajstić information content (AvgIpc) is 2.28. The Hall–Kier alpha value is -1.90. The highest BCUT2D eigenvalue weighted by Crippen LogP contribution is 2.11. The van der Waals surface area contributed by atoms with Gasteiger partial charge >= 0.3 is 0 Å². The number of pyridine rings is 1. The van der Waals surface area contributed by atoms with Crippen molar-refractivity contribution in [1.29, 1.82) is 0 Å². The second-order valence-corrected chi connectivity index (χ2v) is 3.63. The maximum absolute atomic E-state index is 13.3. The van der Waals surface area contributed by atoms with Crippen LogP contribution in [-0.4, -0.2) is 4.98 Å². The Balaban J connectivity index is 2.05. The Labute approximate surface area is 94.2 Å². The third kappa shape index (κ3) is 2.57. The van der Waals surface area contributed by atoms with E-state index in [1.807, 2.05) is 25.1 Å². The molecule has 0 aliphatic carbocycles. The minimum Gasteiger partial charge on any atom is -0.381 e. The number of aromatic nitrogens is 1. The smallest absolute Gasteiger partial charge is 0.128 e. The number of nitrogens with zero attached hydrogens (tertiary/aromatic N) is 1. The maximum atomic E-state index is 13.3. The monoisotopic (exact) mass is 216 g/mol. The molecule has 0 bridgehead atoms. The number of rotatable bonds is 3. The van der Waals surface area contributed by atoms with Gasteiger partial charge in [-0.15, -0.1) is 0 Å². The molecule has 1 aromatic heterocycles. The van der Waals surface area contributed by atoms with Gasteiger partial charge in [0, 0.05) is 29.7 Å². The van der Waals surface area contributed by atoms with Gasteiger partial charge in [0.1, 0.15) is 5.82 Å². The predicted octanol–water partition coefficient (Wildman–Crippen LogP) is 3.14. The third-order valence-corrected chi connectivity index (χ3v) is 2.34. The van der Waals surface area contributed by atoms with Crippen LogP contribution in [0.4, 0.5) is 10.1 Å². The molecule has 0 unspecified atom stereocenters. The lowest BCUT2D eigenvalue weighted by Crippen LogP contribution is -2.01. The minimum atomic E-state index is -0.180. The molecule has 2 nitrogen and oxygen atoms in total. The molecule has 2 rings (SSSR count). The summed E-state index contributed by atoms with van der Waals surface area (Å²) in [5.74, 6) is -0.180. The van der Waals surface area contributed by atoms with Crippen molar-refractivity contribution in [3.8, 4) is 0 Å². The van der Waals surface area contributed by atoms with E-state index in [1.54, 1.807) is 18.3 Å². The molecule has 0 amide bonds. The molecule has 1 heterocycles. The van der Waals surface area contributed by atoms with E-state index in [4.69, 9.17) is 0 Å². The standard InChI is InChI=1S/C13H13FN2/c1-10-8-12(6-7-15-10)16-9-11-4-2-3-5-13(11)14/h2-8H,9H2,1H3,(H,15,16). The second kappa shape index (κ2) is 4.75. The zero-order chi connectivity index (χ0) is 11.4. The molecule has 3 heteroatoms. The lowest BCUT2D eigenvalue weighted by molar-refractivity contribution is 0.613. The predicted molar refractivity (Wildman–Crippen MR) is 62.7 cm³/mol. The SMILES string of the molecule is Cc1cc(NCc2ccccc2F)ccn1. The minimum absolute atomic E-state index is 0.180. The van der Waals surface area contributed by atoms with E-state index in [0.717, 1.165) is 11.4 Å². The van der Waals surface area contributed by atoms with Crippen LogP contribution in [0.5, 0.6) is 0 Å². The van der Waals surface area contributed by atoms with Crippen molar-refractivity contribution >= 4 is 5.69 Å². The fraction of sp³-hybridized carbons (Fsp3) is 0.154. The van der Waals surface area contributed by atoms with Gasteiger partial charge in [-0.2, -0.15) is 0 Å². The lowest BCUT2D eigenvalue weighted by atomic mass is 10.2. The summed E-state index contributed by atoms with van der Waals surface area (Å²) < 4.78 is 13.3. The molecule has 0 atom stereocenters. The molecule has 0 aliphatic heterocycles. The molecule has 2 aromatic rings. The fourth-order valence-corrected chi connectivity index (χ4v) is 1.49. The van der Waals surface area contributed by atoms with Crippen LogP contribution in [0, 0.1) is 12.7 Å². The molecule has 1 aromatic carbocycles. The van der Waals surface area contributed by atoms with Crippen molar-refractivity contribution in [3.63, 3.8) is 0 Å². The average molecular weight is 216 g/mol. The van der Waals surface area contributed by atoms with Crippen molar-refractivity contribution in [2.75, 3.05) is 5.32 Å². The number of hydrogen-bond donors (Lipinski definition) is 1. The Kier molecular flexibility index (Phi) is 3.15. The molecule has 0 fully saturated rings. The van der Waals surface area contributed by atoms with Crippen LogP contribution < -0.4 is 5.32 Å². The Morgan fingerprint density at radius 2 is 2.06 bits per heavy atom. The van der Waals surface area contributed by atoms with Crippen LogP contribution in [0.2, 0.25) is 0 Å². The molecule has 1 N–H and O–H groups in total. The first-order valence-corrected chi connectivity index (χ1v) is 5.15. The van der Waals surface area contributed by atoms with E-state index >= 15 is 0 Å². The number of anilines is 1. The van der Waals surface area contributed by atoms with E-state index in [0.29, 0.717) is 12.1 Å². The molecule has 16 heavy (non-hydrogen) atoms. The van der Waals surface area contributed by atoms with Gasteiger partial charge in [-0.05, 0) is 25.1 Å². The van der Waals surface area contributed by atoms with Gasteiger partial charge in [0.05, 0.1) is 0 Å². The normalized spacial score (nSPS) is 10.1. The topological polar surface area (TPSA) is 24.9 Å². The first-order valence-electron chi connectivity index (χ1n) is 5.15. The Bertz CT molecular complexity index is 483. The number of benzene rings is 1. The Morgan fingerprint density at radius 1 is 1.25 bits per heavy atom. The van der Waals surface area contributed by atoms with Gasteiger partial charge in [0.2, 0.25) is 0 Å². The van der Waals surface area contributed by atoms with Gasteiger partial charge in [-0.3, -0.25) is 4.98 Å². The number of nitrogens with one attached hydrogen (secondary N) is 1. The maximum Gasteiger partial charge on any atom is 0.128 e. The molecule has 0 aliphatic rings. The molecule has 0 saturated heterocycles. The van der Waals surface area contributed by atoms with Crippen LogP contribution in [0.1, 0.15) is 11.3 Å². The number of hydrogen-bond acceptors (Lipinski definition) is 2. The van der Waals surface area contributed by atoms with E-state index in [9.17, 15) is 4.39 Å². The zero-order valence-electron chi connectivity index (χ0n) is 9.07. The van der Waals surface area contributed by atoms with Crippen molar-refractivity contribution in [2.45, 2.75) is 13.5 Å². The zero-order valence-corrected chi connectivity index (χ0v) is 9.07. The van der Waals surface area contributed by atoms with Crippen LogP contribution >= 0.6 is 0 Å². The van der Waals surface area contributed by atoms with E-state index < -0.39 is 0 Å². The highest BCUT2D eigenvalue weighted by molar-refractivity contribution is 5.43. The molecule has 82 valence electrons. The first-order chi connectivity index (χ1) is 7.75. The molecule has 0 spiro atoms. The summed E-state index contributed by atoms with van der Waals surface area (Å²) in [7, 11) is 0. The molecule has 0 saturated carbocycles. The van der Waals surface area contributed by atoms with Crippen molar-refractivity contribution < 1.29 is 4.39 Å². The van der Waals surface area contributed by atoms with Crippen LogP contribution in [0.15, 0.2) is 42.6 Å². The van der Waals surface area contributed by atoms with Crippen molar-refractivity contribution in [3.05, 3.63) is 59.7 Å². The quantitative estimate of drug-likeness (QED) is 0.852. The fourth-order valence-electron chi connectivity index (χ4n) is 1.49. The highest BCUT2D eigenvalue weighted by Gasteiger charge is 2.00. The summed E-state index contributed by atoms with van der Waals surface area (Å²) in [5.41, 5.74) is 2.56. The first kappa shape index (κ1) is 10.6. The summed E-state index contributed by atoms with van der Waals surface area (Å²) in [6.07, 6.45) is 1.74. The van der Waals surface area contributed by atoms with Gasteiger partial charge in [0.25, 0.3) is 0 Å². The van der Waals surface area contributed by atoms with Gasteiger partial charge in [-0.1, -0.05) is 18.2 Å². The molecular weight excluding hydrogens is 203 g/mol. The van der Waals surface area contributed by atoms with Crippen LogP contribution in [0.3, 0.4) is 0 Å². The van der Waals surface area contributed by atoms with E-state index in [1.165, 1.54) is 6.07 Å². The summed E-state index contributed by atoms with van der Waals surface area (Å²) in [6.45, 7) is 2.41. The summed E-state index contributed by atoms with van der Waals surface area (Å²) >= 11 is 0. The summed E-state index contributed by atoms with van der Waals surface area (Å²) in [5, 5.41) is 3.16. The van der Waals surface area contributed by atoms with E-state index in [2.05, 4.69) is 10.3 Å². The summed E-state index contributed by atoms with van der Waals surface area (Å²) in [6, 6.07) is 10.6. The number of halogens is 1. The van der Waals surface area contributed by atoms with Crippen LogP contribution in [-0.2, 0) is 6.54 Å². The van der Waals surface area contributed by atoms with Gasteiger partial charge in [0.15, 0.2) is 0 Å². The Morgan fingerprint density at radius 3 is 2.81 bits per heavy atom. The van der Waals surface area contributed by atoms with Crippen molar-refractivity contribution in [2.24, 2.45) is 0 Å². The molecular formula is C13H13FN2. The summed E-state index contributed by atoms with van der Waals surface area (Å²) in [4.78, 5) is 4.10. The third-order valence-electron chi connectivity index (χ3n) is 2.34.